The van der Waals surface area contributed by atoms with E-state index in [4.69, 9.17) is 9.47 Å². The van der Waals surface area contributed by atoms with Crippen molar-refractivity contribution in [3.63, 3.8) is 0 Å². The van der Waals surface area contributed by atoms with Gasteiger partial charge < -0.3 is 19.7 Å². The van der Waals surface area contributed by atoms with E-state index in [0.717, 1.165) is 37.0 Å². The molecular formula is C28H36N2O4. The van der Waals surface area contributed by atoms with E-state index < -0.39 is 6.10 Å². The number of nitrogens with zero attached hydrogens (tertiary/aromatic N) is 1. The fraction of sp³-hybridized carbons (Fsp3) is 0.500. The zero-order valence-corrected chi connectivity index (χ0v) is 20.5. The molecule has 6 nitrogen and oxygen atoms in total. The Hall–Kier alpha value is -2.86. The van der Waals surface area contributed by atoms with Crippen molar-refractivity contribution in [1.29, 1.82) is 0 Å². The van der Waals surface area contributed by atoms with Crippen LogP contribution in [-0.2, 0) is 20.7 Å². The van der Waals surface area contributed by atoms with Gasteiger partial charge in [-0.3, -0.25) is 9.59 Å². The fourth-order valence-corrected chi connectivity index (χ4v) is 4.87. The SMILES string of the molecule is CCC(=O)N1CCc2ccc(OC(CC)C(=O)NCC3CCCO3)cc2C1c1ccc(C)cc1. The highest BCUT2D eigenvalue weighted by Crippen LogP contribution is 2.37. The molecule has 1 fully saturated rings. The molecule has 0 radical (unpaired) electrons. The molecule has 2 aromatic rings. The van der Waals surface area contributed by atoms with E-state index in [1.54, 1.807) is 0 Å². The molecule has 1 saturated heterocycles. The maximum absolute atomic E-state index is 12.8. The number of rotatable bonds is 8. The number of benzene rings is 2. The van der Waals surface area contributed by atoms with E-state index in [1.165, 1.54) is 11.1 Å². The van der Waals surface area contributed by atoms with Crippen LogP contribution in [0.25, 0.3) is 0 Å². The highest BCUT2D eigenvalue weighted by atomic mass is 16.5. The van der Waals surface area contributed by atoms with Crippen molar-refractivity contribution < 1.29 is 19.1 Å². The monoisotopic (exact) mass is 464 g/mol. The molecule has 3 atom stereocenters. The van der Waals surface area contributed by atoms with Crippen LogP contribution in [0.3, 0.4) is 0 Å². The summed E-state index contributed by atoms with van der Waals surface area (Å²) >= 11 is 0. The Bertz CT molecular complexity index is 998. The van der Waals surface area contributed by atoms with Gasteiger partial charge in [0.1, 0.15) is 5.75 Å². The minimum Gasteiger partial charge on any atom is -0.481 e. The second-order valence-corrected chi connectivity index (χ2v) is 9.26. The van der Waals surface area contributed by atoms with E-state index in [-0.39, 0.29) is 24.0 Å². The average molecular weight is 465 g/mol. The summed E-state index contributed by atoms with van der Waals surface area (Å²) in [6.45, 7) is 7.90. The van der Waals surface area contributed by atoms with Crippen LogP contribution >= 0.6 is 0 Å². The van der Waals surface area contributed by atoms with Gasteiger partial charge in [0.2, 0.25) is 5.91 Å². The van der Waals surface area contributed by atoms with Crippen LogP contribution in [0.1, 0.15) is 67.8 Å². The Morgan fingerprint density at radius 3 is 2.65 bits per heavy atom. The highest BCUT2D eigenvalue weighted by molar-refractivity contribution is 5.81. The van der Waals surface area contributed by atoms with Crippen LogP contribution in [0.4, 0.5) is 0 Å². The summed E-state index contributed by atoms with van der Waals surface area (Å²) in [5.74, 6) is 0.678. The van der Waals surface area contributed by atoms with Gasteiger partial charge in [-0.2, -0.15) is 0 Å². The minimum atomic E-state index is -0.575. The summed E-state index contributed by atoms with van der Waals surface area (Å²) in [5.41, 5.74) is 4.56. The van der Waals surface area contributed by atoms with Crippen molar-refractivity contribution >= 4 is 11.8 Å². The van der Waals surface area contributed by atoms with Crippen LogP contribution in [0.15, 0.2) is 42.5 Å². The topological polar surface area (TPSA) is 67.9 Å². The molecule has 2 amide bonds. The van der Waals surface area contributed by atoms with E-state index in [0.29, 0.717) is 31.7 Å². The molecule has 0 aliphatic carbocycles. The molecule has 0 spiro atoms. The van der Waals surface area contributed by atoms with Crippen LogP contribution in [0, 0.1) is 6.92 Å². The van der Waals surface area contributed by atoms with E-state index in [1.807, 2.05) is 30.9 Å². The molecule has 1 N–H and O–H groups in total. The van der Waals surface area contributed by atoms with Gasteiger partial charge in [-0.1, -0.05) is 49.7 Å². The van der Waals surface area contributed by atoms with Gasteiger partial charge in [0.25, 0.3) is 5.91 Å². The Morgan fingerprint density at radius 1 is 1.18 bits per heavy atom. The van der Waals surface area contributed by atoms with Gasteiger partial charge in [0.05, 0.1) is 12.1 Å². The summed E-state index contributed by atoms with van der Waals surface area (Å²) in [4.78, 5) is 27.6. The first-order valence-electron chi connectivity index (χ1n) is 12.5. The van der Waals surface area contributed by atoms with Crippen LogP contribution in [0.5, 0.6) is 5.75 Å². The number of ether oxygens (including phenoxy) is 2. The number of carbonyl (C=O) groups is 2. The van der Waals surface area contributed by atoms with Gasteiger partial charge in [-0.05, 0) is 61.4 Å². The second kappa shape index (κ2) is 11.0. The van der Waals surface area contributed by atoms with Gasteiger partial charge in [0, 0.05) is 26.1 Å². The summed E-state index contributed by atoms with van der Waals surface area (Å²) in [6, 6.07) is 14.3. The zero-order chi connectivity index (χ0) is 24.1. The maximum atomic E-state index is 12.8. The van der Waals surface area contributed by atoms with Crippen molar-refractivity contribution in [3.05, 3.63) is 64.7 Å². The van der Waals surface area contributed by atoms with Crippen molar-refractivity contribution in [2.24, 2.45) is 0 Å². The van der Waals surface area contributed by atoms with Crippen molar-refractivity contribution in [1.82, 2.24) is 10.2 Å². The zero-order valence-electron chi connectivity index (χ0n) is 20.5. The second-order valence-electron chi connectivity index (χ2n) is 9.26. The fourth-order valence-electron chi connectivity index (χ4n) is 4.87. The molecular weight excluding hydrogens is 428 g/mol. The number of nitrogens with one attached hydrogen (secondary N) is 1. The highest BCUT2D eigenvalue weighted by Gasteiger charge is 2.32. The summed E-state index contributed by atoms with van der Waals surface area (Å²) < 4.78 is 11.8. The predicted octanol–water partition coefficient (Wildman–Crippen LogP) is 4.33. The third-order valence-corrected chi connectivity index (χ3v) is 6.83. The van der Waals surface area contributed by atoms with E-state index in [2.05, 4.69) is 42.6 Å². The predicted molar refractivity (Wildman–Crippen MR) is 132 cm³/mol. The molecule has 2 heterocycles. The molecule has 34 heavy (non-hydrogen) atoms. The number of fused-ring (bicyclic) bond motifs is 1. The van der Waals surface area contributed by atoms with Gasteiger partial charge in [0.15, 0.2) is 6.10 Å². The molecule has 2 aliphatic rings. The molecule has 6 heteroatoms. The van der Waals surface area contributed by atoms with E-state index in [9.17, 15) is 9.59 Å². The Balaban J connectivity index is 1.56. The molecule has 0 bridgehead atoms. The molecule has 0 aromatic heterocycles. The summed E-state index contributed by atoms with van der Waals surface area (Å²) in [5, 5.41) is 2.99. The summed E-state index contributed by atoms with van der Waals surface area (Å²) in [7, 11) is 0. The lowest BCUT2D eigenvalue weighted by molar-refractivity contribution is -0.133. The molecule has 4 rings (SSSR count). The van der Waals surface area contributed by atoms with E-state index >= 15 is 0 Å². The summed E-state index contributed by atoms with van der Waals surface area (Å²) in [6.07, 6.45) is 3.39. The van der Waals surface area contributed by atoms with Crippen LogP contribution in [-0.4, -0.2) is 48.6 Å². The Morgan fingerprint density at radius 2 is 1.97 bits per heavy atom. The number of amides is 2. The van der Waals surface area contributed by atoms with Crippen molar-refractivity contribution in [3.8, 4) is 5.75 Å². The standard InChI is InChI=1S/C28H36N2O4/c1-4-25(28(32)29-18-23-7-6-16-33-23)34-22-13-12-20-14-15-30(26(31)5-2)27(24(20)17-22)21-10-8-19(3)9-11-21/h8-13,17,23,25,27H,4-7,14-16,18H2,1-3H3,(H,29,32). The third-order valence-electron chi connectivity index (χ3n) is 6.83. The van der Waals surface area contributed by atoms with Crippen molar-refractivity contribution in [2.45, 2.75) is 71.1 Å². The first-order valence-corrected chi connectivity index (χ1v) is 12.5. The number of hydrogen-bond acceptors (Lipinski definition) is 4. The molecule has 0 saturated carbocycles. The molecule has 2 aromatic carbocycles. The first-order chi connectivity index (χ1) is 16.5. The van der Waals surface area contributed by atoms with Gasteiger partial charge >= 0.3 is 0 Å². The lowest BCUT2D eigenvalue weighted by Crippen LogP contribution is -2.41. The third kappa shape index (κ3) is 5.44. The Labute approximate surface area is 202 Å². The smallest absolute Gasteiger partial charge is 0.261 e. The molecule has 182 valence electrons. The van der Waals surface area contributed by atoms with Gasteiger partial charge in [-0.25, -0.2) is 0 Å². The average Bonchev–Trinajstić information content (AvgIpc) is 3.39. The quantitative estimate of drug-likeness (QED) is 0.631. The van der Waals surface area contributed by atoms with Gasteiger partial charge in [-0.15, -0.1) is 0 Å². The normalized spacial score (nSPS) is 20.5. The van der Waals surface area contributed by atoms with Crippen LogP contribution < -0.4 is 10.1 Å². The number of aryl methyl sites for hydroxylation is 1. The first kappa shape index (κ1) is 24.3. The maximum Gasteiger partial charge on any atom is 0.261 e. The minimum absolute atomic E-state index is 0.0996. The molecule has 2 aliphatic heterocycles. The van der Waals surface area contributed by atoms with Crippen molar-refractivity contribution in [2.75, 3.05) is 19.7 Å². The lowest BCUT2D eigenvalue weighted by atomic mass is 9.87. The Kier molecular flexibility index (Phi) is 7.88. The number of carbonyl (C=O) groups excluding carboxylic acids is 2. The van der Waals surface area contributed by atoms with Crippen LogP contribution in [0.2, 0.25) is 0 Å². The number of hydrogen-bond donors (Lipinski definition) is 1. The lowest BCUT2D eigenvalue weighted by Gasteiger charge is -2.38. The largest absolute Gasteiger partial charge is 0.481 e. The molecule has 3 unspecified atom stereocenters.